The van der Waals surface area contributed by atoms with Crippen LogP contribution in [0.5, 0.6) is 0 Å². The number of hydrogen-bond donors (Lipinski definition) is 0. The van der Waals surface area contributed by atoms with Gasteiger partial charge < -0.3 is 9.47 Å². The van der Waals surface area contributed by atoms with Crippen LogP contribution in [0.15, 0.2) is 53.4 Å². The predicted molar refractivity (Wildman–Crippen MR) is 120 cm³/mol. The number of sulfonamides is 1. The monoisotopic (exact) mass is 459 g/mol. The summed E-state index contributed by atoms with van der Waals surface area (Å²) in [5.74, 6) is -1.08. The number of benzene rings is 2. The first kappa shape index (κ1) is 24.1. The molecular weight excluding hydrogens is 430 g/mol. The van der Waals surface area contributed by atoms with Crippen molar-refractivity contribution in [1.29, 1.82) is 0 Å². The van der Waals surface area contributed by atoms with Crippen molar-refractivity contribution in [2.45, 2.75) is 44.1 Å². The average Bonchev–Trinajstić information content (AvgIpc) is 2.78. The van der Waals surface area contributed by atoms with Gasteiger partial charge in [-0.2, -0.15) is 4.31 Å². The molecule has 32 heavy (non-hydrogen) atoms. The molecule has 0 radical (unpaired) electrons. The van der Waals surface area contributed by atoms with Gasteiger partial charge in [-0.3, -0.25) is 4.79 Å². The number of Topliss-reactive ketones (excluding diaryl/α,β-unsaturated/α-hetero) is 1. The minimum absolute atomic E-state index is 0.00518. The zero-order valence-electron chi connectivity index (χ0n) is 18.8. The van der Waals surface area contributed by atoms with Gasteiger partial charge in [0.25, 0.3) is 0 Å². The summed E-state index contributed by atoms with van der Waals surface area (Å²) in [5, 5.41) is 0. The van der Waals surface area contributed by atoms with Crippen LogP contribution in [0.3, 0.4) is 0 Å². The summed E-state index contributed by atoms with van der Waals surface area (Å²) in [6.45, 7) is 8.94. The molecule has 1 aliphatic rings. The van der Waals surface area contributed by atoms with Crippen molar-refractivity contribution in [3.63, 3.8) is 0 Å². The molecule has 1 saturated heterocycles. The first-order chi connectivity index (χ1) is 15.0. The topological polar surface area (TPSA) is 90.0 Å². The van der Waals surface area contributed by atoms with E-state index in [0.29, 0.717) is 18.8 Å². The zero-order valence-corrected chi connectivity index (χ0v) is 19.6. The highest BCUT2D eigenvalue weighted by atomic mass is 32.2. The Labute approximate surface area is 189 Å². The van der Waals surface area contributed by atoms with E-state index >= 15 is 0 Å². The maximum atomic E-state index is 12.8. The molecule has 0 saturated carbocycles. The summed E-state index contributed by atoms with van der Waals surface area (Å²) < 4.78 is 37.6. The largest absolute Gasteiger partial charge is 0.451 e. The molecule has 0 N–H and O–H groups in total. The lowest BCUT2D eigenvalue weighted by molar-refractivity contribution is 0.0318. The Kier molecular flexibility index (Phi) is 7.17. The fraction of sp³-hybridized carbons (Fsp3) is 0.417. The molecule has 8 heteroatoms. The summed E-state index contributed by atoms with van der Waals surface area (Å²) in [5.41, 5.74) is 1.58. The van der Waals surface area contributed by atoms with Crippen LogP contribution in [0, 0.1) is 0 Å². The van der Waals surface area contributed by atoms with Gasteiger partial charge in [0.1, 0.15) is 0 Å². The van der Waals surface area contributed by atoms with Gasteiger partial charge in [-0.25, -0.2) is 13.2 Å². The van der Waals surface area contributed by atoms with E-state index in [0.717, 1.165) is 5.56 Å². The molecule has 1 atom stereocenters. The number of hydrogen-bond acceptors (Lipinski definition) is 6. The van der Waals surface area contributed by atoms with Gasteiger partial charge in [-0.05, 0) is 36.1 Å². The molecule has 0 aromatic heterocycles. The Morgan fingerprint density at radius 2 is 1.62 bits per heavy atom. The fourth-order valence-corrected chi connectivity index (χ4v) is 4.83. The van der Waals surface area contributed by atoms with Crippen LogP contribution in [0.2, 0.25) is 0 Å². The van der Waals surface area contributed by atoms with Gasteiger partial charge in [-0.1, -0.05) is 51.1 Å². The van der Waals surface area contributed by atoms with Gasteiger partial charge in [-0.15, -0.1) is 0 Å². The number of esters is 1. The van der Waals surface area contributed by atoms with E-state index in [1.54, 1.807) is 12.1 Å². The second-order valence-corrected chi connectivity index (χ2v) is 10.7. The molecule has 0 spiro atoms. The maximum Gasteiger partial charge on any atom is 0.338 e. The van der Waals surface area contributed by atoms with Crippen molar-refractivity contribution in [2.75, 3.05) is 26.3 Å². The van der Waals surface area contributed by atoms with Crippen LogP contribution in [0.4, 0.5) is 0 Å². The molecule has 3 rings (SSSR count). The Bertz CT molecular complexity index is 1080. The van der Waals surface area contributed by atoms with Crippen LogP contribution in [0.1, 0.15) is 54.0 Å². The third-order valence-electron chi connectivity index (χ3n) is 5.37. The SMILES string of the molecule is C[C@H](OC(=O)c1cccc(S(=O)(=O)N2CCOCC2)c1)C(=O)c1ccc(C(C)(C)C)cc1. The molecule has 0 unspecified atom stereocenters. The molecule has 172 valence electrons. The van der Waals surface area contributed by atoms with E-state index in [-0.39, 0.29) is 34.7 Å². The van der Waals surface area contributed by atoms with Crippen molar-refractivity contribution in [3.05, 3.63) is 65.2 Å². The average molecular weight is 460 g/mol. The number of carbonyl (C=O) groups excluding carboxylic acids is 2. The van der Waals surface area contributed by atoms with Crippen molar-refractivity contribution >= 4 is 21.8 Å². The van der Waals surface area contributed by atoms with E-state index in [4.69, 9.17) is 9.47 Å². The number of ether oxygens (including phenoxy) is 2. The van der Waals surface area contributed by atoms with Crippen molar-refractivity contribution in [3.8, 4) is 0 Å². The molecule has 2 aromatic rings. The first-order valence-electron chi connectivity index (χ1n) is 10.5. The highest BCUT2D eigenvalue weighted by Gasteiger charge is 2.28. The van der Waals surface area contributed by atoms with Crippen LogP contribution in [-0.2, 0) is 24.9 Å². The highest BCUT2D eigenvalue weighted by molar-refractivity contribution is 7.89. The second kappa shape index (κ2) is 9.52. The lowest BCUT2D eigenvalue weighted by Crippen LogP contribution is -2.40. The van der Waals surface area contributed by atoms with E-state index in [1.807, 2.05) is 12.1 Å². The molecule has 0 amide bonds. The van der Waals surface area contributed by atoms with Crippen molar-refractivity contribution in [2.24, 2.45) is 0 Å². The summed E-state index contributed by atoms with van der Waals surface area (Å²) in [4.78, 5) is 25.3. The molecule has 1 aliphatic heterocycles. The van der Waals surface area contributed by atoms with Crippen molar-refractivity contribution < 1.29 is 27.5 Å². The Hall–Kier alpha value is -2.55. The minimum Gasteiger partial charge on any atom is -0.451 e. The Morgan fingerprint density at radius 1 is 1.00 bits per heavy atom. The number of rotatable bonds is 6. The van der Waals surface area contributed by atoms with Crippen LogP contribution >= 0.6 is 0 Å². The predicted octanol–water partition coefficient (Wildman–Crippen LogP) is 3.43. The molecule has 7 nitrogen and oxygen atoms in total. The van der Waals surface area contributed by atoms with Gasteiger partial charge >= 0.3 is 5.97 Å². The van der Waals surface area contributed by atoms with Crippen LogP contribution in [-0.4, -0.2) is 56.9 Å². The number of carbonyl (C=O) groups is 2. The van der Waals surface area contributed by atoms with Crippen molar-refractivity contribution in [1.82, 2.24) is 4.31 Å². The smallest absolute Gasteiger partial charge is 0.338 e. The van der Waals surface area contributed by atoms with Gasteiger partial charge in [0.2, 0.25) is 15.8 Å². The third kappa shape index (κ3) is 5.43. The summed E-state index contributed by atoms with van der Waals surface area (Å²) in [6, 6.07) is 12.9. The van der Waals surface area contributed by atoms with Crippen LogP contribution < -0.4 is 0 Å². The Morgan fingerprint density at radius 3 is 2.22 bits per heavy atom. The molecule has 0 aliphatic carbocycles. The molecule has 1 heterocycles. The third-order valence-corrected chi connectivity index (χ3v) is 7.26. The fourth-order valence-electron chi connectivity index (χ4n) is 3.37. The quantitative estimate of drug-likeness (QED) is 0.486. The summed E-state index contributed by atoms with van der Waals surface area (Å²) in [7, 11) is -3.74. The zero-order chi connectivity index (χ0) is 23.5. The number of morpholine rings is 1. The highest BCUT2D eigenvalue weighted by Crippen LogP contribution is 2.23. The van der Waals surface area contributed by atoms with Crippen LogP contribution in [0.25, 0.3) is 0 Å². The minimum atomic E-state index is -3.74. The molecular formula is C24H29NO6S. The van der Waals surface area contributed by atoms with Gasteiger partial charge in [0, 0.05) is 18.7 Å². The van der Waals surface area contributed by atoms with E-state index < -0.39 is 22.1 Å². The van der Waals surface area contributed by atoms with E-state index in [1.165, 1.54) is 35.5 Å². The standard InChI is InChI=1S/C24H29NO6S/c1-17(22(26)18-8-10-20(11-9-18)24(2,3)4)31-23(27)19-6-5-7-21(16-19)32(28,29)25-12-14-30-15-13-25/h5-11,16-17H,12-15H2,1-4H3/t17-/m0/s1. The second-order valence-electron chi connectivity index (χ2n) is 8.78. The summed E-state index contributed by atoms with van der Waals surface area (Å²) >= 11 is 0. The molecule has 1 fully saturated rings. The van der Waals surface area contributed by atoms with Gasteiger partial charge in [0.15, 0.2) is 6.10 Å². The lowest BCUT2D eigenvalue weighted by atomic mass is 9.86. The molecule has 0 bridgehead atoms. The van der Waals surface area contributed by atoms with Gasteiger partial charge in [0.05, 0.1) is 23.7 Å². The lowest BCUT2D eigenvalue weighted by Gasteiger charge is -2.26. The summed E-state index contributed by atoms with van der Waals surface area (Å²) in [6.07, 6.45) is -1.01. The number of ketones is 1. The van der Waals surface area contributed by atoms with E-state index in [2.05, 4.69) is 20.8 Å². The number of nitrogens with zero attached hydrogens (tertiary/aromatic N) is 1. The first-order valence-corrected chi connectivity index (χ1v) is 12.0. The van der Waals surface area contributed by atoms with E-state index in [9.17, 15) is 18.0 Å². The molecule has 2 aromatic carbocycles. The normalized spacial score (nSPS) is 16.4. The Balaban J connectivity index is 1.71. The maximum absolute atomic E-state index is 12.8.